The number of hydrogen-bond donors (Lipinski definition) is 2. The summed E-state index contributed by atoms with van der Waals surface area (Å²) < 4.78 is 18.1. The second-order valence-corrected chi connectivity index (χ2v) is 5.64. The molecule has 7 heteroatoms. The Kier molecular flexibility index (Phi) is 6.10. The molecule has 0 radical (unpaired) electrons. The van der Waals surface area contributed by atoms with Gasteiger partial charge in [0.15, 0.2) is 0 Å². The summed E-state index contributed by atoms with van der Waals surface area (Å²) in [6, 6.07) is 17.4. The second kappa shape index (κ2) is 9.09. The Hall–Kier alpha value is -4.00. The molecule has 1 heterocycles. The topological polar surface area (TPSA) is 83.7 Å². The van der Waals surface area contributed by atoms with E-state index in [0.717, 1.165) is 0 Å². The highest BCUT2D eigenvalue weighted by molar-refractivity contribution is 6.05. The van der Waals surface area contributed by atoms with Gasteiger partial charge in [-0.2, -0.15) is 5.10 Å². The molecule has 0 saturated carbocycles. The highest BCUT2D eigenvalue weighted by Crippen LogP contribution is 2.08. The molecule has 140 valence electrons. The van der Waals surface area contributed by atoms with E-state index in [1.54, 1.807) is 42.5 Å². The Morgan fingerprint density at radius 1 is 0.964 bits per heavy atom. The lowest BCUT2D eigenvalue weighted by atomic mass is 10.2. The SMILES string of the molecule is O=C(N/N=C\c1ccc(F)cc1)/C(=C/c1ccco1)NC(=O)c1ccccc1. The molecule has 0 aliphatic heterocycles. The highest BCUT2D eigenvalue weighted by Gasteiger charge is 2.14. The summed E-state index contributed by atoms with van der Waals surface area (Å²) in [6.07, 6.45) is 4.21. The highest BCUT2D eigenvalue weighted by atomic mass is 19.1. The zero-order valence-electron chi connectivity index (χ0n) is 14.6. The number of halogens is 1. The molecular weight excluding hydrogens is 361 g/mol. The Bertz CT molecular complexity index is 995. The third-order valence-electron chi connectivity index (χ3n) is 3.61. The van der Waals surface area contributed by atoms with Crippen molar-refractivity contribution < 1.29 is 18.4 Å². The van der Waals surface area contributed by atoms with E-state index < -0.39 is 11.8 Å². The summed E-state index contributed by atoms with van der Waals surface area (Å²) in [5, 5.41) is 6.39. The molecule has 0 aliphatic carbocycles. The van der Waals surface area contributed by atoms with Crippen LogP contribution in [0.5, 0.6) is 0 Å². The number of carbonyl (C=O) groups is 2. The van der Waals surface area contributed by atoms with Crippen LogP contribution in [0.15, 0.2) is 88.2 Å². The molecule has 1 aromatic heterocycles. The van der Waals surface area contributed by atoms with Crippen molar-refractivity contribution in [3.05, 3.63) is 101 Å². The Morgan fingerprint density at radius 2 is 1.71 bits per heavy atom. The minimum atomic E-state index is -0.640. The van der Waals surface area contributed by atoms with Crippen molar-refractivity contribution in [2.45, 2.75) is 0 Å². The van der Waals surface area contributed by atoms with E-state index in [0.29, 0.717) is 16.9 Å². The Morgan fingerprint density at radius 3 is 2.39 bits per heavy atom. The number of nitrogens with zero attached hydrogens (tertiary/aromatic N) is 1. The van der Waals surface area contributed by atoms with Crippen LogP contribution in [-0.2, 0) is 4.79 Å². The molecule has 0 saturated heterocycles. The number of hydrazone groups is 1. The lowest BCUT2D eigenvalue weighted by Gasteiger charge is -2.08. The normalized spacial score (nSPS) is 11.4. The third-order valence-corrected chi connectivity index (χ3v) is 3.61. The molecule has 2 N–H and O–H groups in total. The molecule has 6 nitrogen and oxygen atoms in total. The van der Waals surface area contributed by atoms with E-state index in [1.165, 1.54) is 42.8 Å². The fraction of sp³-hybridized carbons (Fsp3) is 0. The van der Waals surface area contributed by atoms with Crippen molar-refractivity contribution in [1.82, 2.24) is 10.7 Å². The van der Waals surface area contributed by atoms with Crippen LogP contribution in [0.2, 0.25) is 0 Å². The smallest absolute Gasteiger partial charge is 0.288 e. The van der Waals surface area contributed by atoms with Crippen LogP contribution in [0, 0.1) is 5.82 Å². The van der Waals surface area contributed by atoms with Gasteiger partial charge in [0.05, 0.1) is 12.5 Å². The zero-order valence-corrected chi connectivity index (χ0v) is 14.6. The lowest BCUT2D eigenvalue weighted by Crippen LogP contribution is -2.32. The predicted octanol–water partition coefficient (Wildman–Crippen LogP) is 3.34. The zero-order chi connectivity index (χ0) is 19.8. The first kappa shape index (κ1) is 18.8. The number of carbonyl (C=O) groups excluding carboxylic acids is 2. The summed E-state index contributed by atoms with van der Waals surface area (Å²) in [5.74, 6) is -1.07. The van der Waals surface area contributed by atoms with Gasteiger partial charge in [-0.25, -0.2) is 9.82 Å². The van der Waals surface area contributed by atoms with Crippen LogP contribution >= 0.6 is 0 Å². The standard InChI is InChI=1S/C21H16FN3O3/c22-17-10-8-15(9-11-17)14-23-25-21(27)19(13-18-7-4-12-28-18)24-20(26)16-5-2-1-3-6-16/h1-14H,(H,24,26)(H,25,27)/b19-13-,23-14-. The van der Waals surface area contributed by atoms with E-state index in [1.807, 2.05) is 0 Å². The monoisotopic (exact) mass is 377 g/mol. The van der Waals surface area contributed by atoms with Crippen LogP contribution in [0.4, 0.5) is 4.39 Å². The summed E-state index contributed by atoms with van der Waals surface area (Å²) in [4.78, 5) is 24.8. The molecular formula is C21H16FN3O3. The maximum atomic E-state index is 12.9. The molecule has 3 rings (SSSR count). The van der Waals surface area contributed by atoms with Gasteiger partial charge in [0.25, 0.3) is 11.8 Å². The molecule has 2 aromatic carbocycles. The quantitative estimate of drug-likeness (QED) is 0.393. The van der Waals surface area contributed by atoms with Crippen molar-refractivity contribution in [3.63, 3.8) is 0 Å². The van der Waals surface area contributed by atoms with Crippen LogP contribution in [0.3, 0.4) is 0 Å². The van der Waals surface area contributed by atoms with Crippen molar-refractivity contribution >= 4 is 24.1 Å². The molecule has 0 atom stereocenters. The number of nitrogens with one attached hydrogen (secondary N) is 2. The van der Waals surface area contributed by atoms with Gasteiger partial charge in [-0.1, -0.05) is 30.3 Å². The molecule has 3 aromatic rings. The molecule has 0 bridgehead atoms. The van der Waals surface area contributed by atoms with Gasteiger partial charge >= 0.3 is 0 Å². The average Bonchev–Trinajstić information content (AvgIpc) is 3.22. The van der Waals surface area contributed by atoms with Crippen LogP contribution in [0.25, 0.3) is 6.08 Å². The largest absolute Gasteiger partial charge is 0.465 e. The van der Waals surface area contributed by atoms with E-state index in [4.69, 9.17) is 4.42 Å². The first-order valence-corrected chi connectivity index (χ1v) is 8.32. The van der Waals surface area contributed by atoms with Gasteiger partial charge in [0.1, 0.15) is 17.3 Å². The number of benzene rings is 2. The molecule has 2 amide bonds. The summed E-state index contributed by atoms with van der Waals surface area (Å²) in [5.41, 5.74) is 3.29. The number of furan rings is 1. The van der Waals surface area contributed by atoms with Gasteiger partial charge < -0.3 is 9.73 Å². The maximum absolute atomic E-state index is 12.9. The predicted molar refractivity (Wildman–Crippen MR) is 103 cm³/mol. The summed E-state index contributed by atoms with van der Waals surface area (Å²) in [7, 11) is 0. The van der Waals surface area contributed by atoms with E-state index in [2.05, 4.69) is 15.8 Å². The minimum Gasteiger partial charge on any atom is -0.465 e. The third kappa shape index (κ3) is 5.25. The molecule has 0 unspecified atom stereocenters. The fourth-order valence-corrected chi connectivity index (χ4v) is 2.23. The van der Waals surface area contributed by atoms with Gasteiger partial charge in [-0.15, -0.1) is 0 Å². The van der Waals surface area contributed by atoms with Crippen LogP contribution < -0.4 is 10.7 Å². The van der Waals surface area contributed by atoms with Crippen molar-refractivity contribution in [2.75, 3.05) is 0 Å². The van der Waals surface area contributed by atoms with Crippen LogP contribution in [-0.4, -0.2) is 18.0 Å². The van der Waals surface area contributed by atoms with Crippen molar-refractivity contribution in [3.8, 4) is 0 Å². The van der Waals surface area contributed by atoms with E-state index >= 15 is 0 Å². The second-order valence-electron chi connectivity index (χ2n) is 5.64. The van der Waals surface area contributed by atoms with Crippen molar-refractivity contribution in [2.24, 2.45) is 5.10 Å². The number of rotatable bonds is 6. The summed E-state index contributed by atoms with van der Waals surface area (Å²) >= 11 is 0. The number of hydrogen-bond acceptors (Lipinski definition) is 4. The molecule has 0 aliphatic rings. The van der Waals surface area contributed by atoms with Gasteiger partial charge in [0, 0.05) is 11.6 Å². The van der Waals surface area contributed by atoms with E-state index in [-0.39, 0.29) is 11.5 Å². The minimum absolute atomic E-state index is 0.0416. The van der Waals surface area contributed by atoms with Gasteiger partial charge in [0.2, 0.25) is 0 Å². The Balaban J connectivity index is 1.73. The fourth-order valence-electron chi connectivity index (χ4n) is 2.23. The van der Waals surface area contributed by atoms with E-state index in [9.17, 15) is 14.0 Å². The van der Waals surface area contributed by atoms with Crippen LogP contribution in [0.1, 0.15) is 21.7 Å². The number of amides is 2. The molecule has 0 fully saturated rings. The Labute approximate surface area is 160 Å². The first-order chi connectivity index (χ1) is 13.6. The average molecular weight is 377 g/mol. The van der Waals surface area contributed by atoms with Gasteiger partial charge in [-0.05, 0) is 42.0 Å². The van der Waals surface area contributed by atoms with Gasteiger partial charge in [-0.3, -0.25) is 9.59 Å². The first-order valence-electron chi connectivity index (χ1n) is 8.32. The van der Waals surface area contributed by atoms with Crippen molar-refractivity contribution in [1.29, 1.82) is 0 Å². The maximum Gasteiger partial charge on any atom is 0.288 e. The summed E-state index contributed by atoms with van der Waals surface area (Å²) in [6.45, 7) is 0. The lowest BCUT2D eigenvalue weighted by molar-refractivity contribution is -0.117. The molecule has 28 heavy (non-hydrogen) atoms. The molecule has 0 spiro atoms.